The highest BCUT2D eigenvalue weighted by molar-refractivity contribution is 5.66. The first-order valence-electron chi connectivity index (χ1n) is 5.45. The predicted octanol–water partition coefficient (Wildman–Crippen LogP) is 2.55. The maximum atomic E-state index is 11.5. The quantitative estimate of drug-likeness (QED) is 0.349. The molecule has 0 atom stereocenters. The summed E-state index contributed by atoms with van der Waals surface area (Å²) in [6.07, 6.45) is 0. The molecule has 0 N–H and O–H groups in total. The van der Waals surface area contributed by atoms with Gasteiger partial charge in [0.05, 0.1) is 0 Å². The summed E-state index contributed by atoms with van der Waals surface area (Å²) in [6, 6.07) is 8.45. The number of esters is 1. The second-order valence-electron chi connectivity index (χ2n) is 4.32. The molecule has 1 aromatic carbocycles. The molecule has 0 spiro atoms. The van der Waals surface area contributed by atoms with E-state index in [2.05, 4.69) is 5.28 Å². The lowest BCUT2D eigenvalue weighted by Gasteiger charge is -2.21. The van der Waals surface area contributed by atoms with Gasteiger partial charge in [0.2, 0.25) is 11.0 Å². The van der Waals surface area contributed by atoms with E-state index in [-0.39, 0.29) is 6.61 Å². The number of benzene rings is 1. The Balaban J connectivity index is 2.52. The van der Waals surface area contributed by atoms with Gasteiger partial charge in [0.15, 0.2) is 6.61 Å². The standard InChI is InChI=1S/C12H16N2O4/c1-10(15)18-12(2,3)9-17-13-14(16)11-7-5-4-6-8-11/h4-8H,9H2,1-3H3/b14-13-. The number of nitrogens with zero attached hydrogens (tertiary/aromatic N) is 2. The summed E-state index contributed by atoms with van der Waals surface area (Å²) < 4.78 is 4.98. The highest BCUT2D eigenvalue weighted by atomic mass is 16.7. The maximum Gasteiger partial charge on any atom is 0.303 e. The average Bonchev–Trinajstić information content (AvgIpc) is 2.28. The van der Waals surface area contributed by atoms with Crippen LogP contribution >= 0.6 is 0 Å². The molecule has 18 heavy (non-hydrogen) atoms. The lowest BCUT2D eigenvalue weighted by atomic mass is 10.1. The van der Waals surface area contributed by atoms with Gasteiger partial charge in [0.25, 0.3) is 0 Å². The van der Waals surface area contributed by atoms with E-state index >= 15 is 0 Å². The van der Waals surface area contributed by atoms with Crippen molar-refractivity contribution in [1.29, 1.82) is 0 Å². The Morgan fingerprint density at radius 2 is 2.00 bits per heavy atom. The van der Waals surface area contributed by atoms with Crippen LogP contribution in [0.4, 0.5) is 5.69 Å². The first kappa shape index (κ1) is 14.0. The molecule has 1 aromatic rings. The molecule has 0 aliphatic rings. The third-order valence-corrected chi connectivity index (χ3v) is 1.94. The van der Waals surface area contributed by atoms with Crippen LogP contribution in [0.2, 0.25) is 0 Å². The summed E-state index contributed by atoms with van der Waals surface area (Å²) in [6.45, 7) is 4.64. The molecule has 0 aliphatic carbocycles. The van der Waals surface area contributed by atoms with Crippen molar-refractivity contribution in [1.82, 2.24) is 0 Å². The zero-order valence-corrected chi connectivity index (χ0v) is 10.6. The average molecular weight is 252 g/mol. The van der Waals surface area contributed by atoms with Gasteiger partial charge in [-0.05, 0) is 18.7 Å². The molecular formula is C12H16N2O4. The fourth-order valence-corrected chi connectivity index (χ4v) is 1.26. The third-order valence-electron chi connectivity index (χ3n) is 1.94. The number of para-hydroxylation sites is 1. The number of rotatable bonds is 5. The van der Waals surface area contributed by atoms with Crippen molar-refractivity contribution in [2.24, 2.45) is 5.28 Å². The van der Waals surface area contributed by atoms with Crippen LogP contribution in [0, 0.1) is 5.21 Å². The molecule has 6 heteroatoms. The molecular weight excluding hydrogens is 236 g/mol. The van der Waals surface area contributed by atoms with Crippen LogP contribution < -0.4 is 0 Å². The summed E-state index contributed by atoms with van der Waals surface area (Å²) in [5.74, 6) is -0.411. The van der Waals surface area contributed by atoms with E-state index in [1.165, 1.54) is 6.92 Å². The smallest absolute Gasteiger partial charge is 0.303 e. The molecule has 0 unspecified atom stereocenters. The highest BCUT2D eigenvalue weighted by Crippen LogP contribution is 2.12. The minimum atomic E-state index is -0.827. The monoisotopic (exact) mass is 252 g/mol. The second-order valence-corrected chi connectivity index (χ2v) is 4.32. The zero-order chi connectivity index (χ0) is 13.6. The molecule has 6 nitrogen and oxygen atoms in total. The van der Waals surface area contributed by atoms with Crippen molar-refractivity contribution < 1.29 is 19.2 Å². The lowest BCUT2D eigenvalue weighted by Crippen LogP contribution is -2.32. The molecule has 0 bridgehead atoms. The number of carbonyl (C=O) groups excluding carboxylic acids is 1. The highest BCUT2D eigenvalue weighted by Gasteiger charge is 2.23. The normalized spacial score (nSPS) is 12.1. The molecule has 0 amide bonds. The Hall–Kier alpha value is -2.11. The molecule has 98 valence electrons. The van der Waals surface area contributed by atoms with Crippen LogP contribution in [0.15, 0.2) is 35.6 Å². The first-order chi connectivity index (χ1) is 8.41. The SMILES string of the molecule is CC(=O)OC(C)(C)CO/N=[N+](\[O-])c1ccccc1. The van der Waals surface area contributed by atoms with Crippen LogP contribution in [0.3, 0.4) is 0 Å². The van der Waals surface area contributed by atoms with Gasteiger partial charge < -0.3 is 14.8 Å². The number of carbonyl (C=O) groups is 1. The number of hydrogen-bond acceptors (Lipinski definition) is 5. The Morgan fingerprint density at radius 3 is 2.56 bits per heavy atom. The molecule has 0 saturated heterocycles. The fraction of sp³-hybridized carbons (Fsp3) is 0.417. The van der Waals surface area contributed by atoms with Gasteiger partial charge in [-0.3, -0.25) is 4.79 Å². The van der Waals surface area contributed by atoms with Crippen molar-refractivity contribution in [3.05, 3.63) is 35.5 Å². The molecule has 0 fully saturated rings. The summed E-state index contributed by atoms with van der Waals surface area (Å²) >= 11 is 0. The largest absolute Gasteiger partial charge is 0.592 e. The predicted molar refractivity (Wildman–Crippen MR) is 64.0 cm³/mol. The summed E-state index contributed by atoms with van der Waals surface area (Å²) in [5, 5.41) is 14.8. The van der Waals surface area contributed by atoms with Crippen molar-refractivity contribution >= 4 is 11.7 Å². The van der Waals surface area contributed by atoms with Gasteiger partial charge in [0.1, 0.15) is 5.60 Å². The fourth-order valence-electron chi connectivity index (χ4n) is 1.26. The van der Waals surface area contributed by atoms with Gasteiger partial charge >= 0.3 is 5.97 Å². The Kier molecular flexibility index (Phi) is 4.65. The Morgan fingerprint density at radius 1 is 1.39 bits per heavy atom. The third kappa shape index (κ3) is 4.82. The molecule has 0 aromatic heterocycles. The van der Waals surface area contributed by atoms with Crippen LogP contribution in [-0.2, 0) is 14.4 Å². The van der Waals surface area contributed by atoms with Gasteiger partial charge in [0, 0.05) is 19.1 Å². The van der Waals surface area contributed by atoms with E-state index in [9.17, 15) is 10.0 Å². The van der Waals surface area contributed by atoms with Crippen LogP contribution in [-0.4, -0.2) is 23.0 Å². The van der Waals surface area contributed by atoms with Crippen molar-refractivity contribution in [3.63, 3.8) is 0 Å². The number of hydrogen-bond donors (Lipinski definition) is 0. The van der Waals surface area contributed by atoms with Gasteiger partial charge in [-0.25, -0.2) is 0 Å². The van der Waals surface area contributed by atoms with E-state index in [1.54, 1.807) is 44.2 Å². The minimum Gasteiger partial charge on any atom is -0.592 e. The Bertz CT molecular complexity index is 429. The van der Waals surface area contributed by atoms with Crippen LogP contribution in [0.25, 0.3) is 0 Å². The van der Waals surface area contributed by atoms with Crippen molar-refractivity contribution in [3.8, 4) is 0 Å². The van der Waals surface area contributed by atoms with Crippen LogP contribution in [0.5, 0.6) is 0 Å². The minimum absolute atomic E-state index is 0.00183. The van der Waals surface area contributed by atoms with Gasteiger partial charge in [-0.1, -0.05) is 18.2 Å². The van der Waals surface area contributed by atoms with Crippen molar-refractivity contribution in [2.45, 2.75) is 26.4 Å². The van der Waals surface area contributed by atoms with E-state index in [0.717, 1.165) is 0 Å². The molecule has 0 radical (unpaired) electrons. The molecule has 0 aliphatic heterocycles. The van der Waals surface area contributed by atoms with Crippen molar-refractivity contribution in [2.75, 3.05) is 6.61 Å². The Labute approximate surface area is 105 Å². The van der Waals surface area contributed by atoms with E-state index in [0.29, 0.717) is 10.5 Å². The van der Waals surface area contributed by atoms with Gasteiger partial charge in [-0.15, -0.1) is 0 Å². The molecule has 1 rings (SSSR count). The zero-order valence-electron chi connectivity index (χ0n) is 10.6. The van der Waals surface area contributed by atoms with E-state index < -0.39 is 11.6 Å². The molecule has 0 heterocycles. The van der Waals surface area contributed by atoms with E-state index in [4.69, 9.17) is 9.57 Å². The summed E-state index contributed by atoms with van der Waals surface area (Å²) in [4.78, 5) is 16.0. The maximum absolute atomic E-state index is 11.5. The second kappa shape index (κ2) is 6.00. The number of ether oxygens (including phenoxy) is 1. The topological polar surface area (TPSA) is 74.0 Å². The van der Waals surface area contributed by atoms with Gasteiger partial charge in [-0.2, -0.15) is 0 Å². The lowest BCUT2D eigenvalue weighted by molar-refractivity contribution is -0.480. The van der Waals surface area contributed by atoms with E-state index in [1.807, 2.05) is 0 Å². The van der Waals surface area contributed by atoms with Crippen LogP contribution in [0.1, 0.15) is 20.8 Å². The first-order valence-corrected chi connectivity index (χ1v) is 5.45. The summed E-state index contributed by atoms with van der Waals surface area (Å²) in [7, 11) is 0. The summed E-state index contributed by atoms with van der Waals surface area (Å²) in [5.41, 5.74) is -0.463. The molecule has 0 saturated carbocycles.